The molecule has 0 atom stereocenters. The number of halogens is 1. The van der Waals surface area contributed by atoms with E-state index in [1.807, 2.05) is 6.07 Å². The van der Waals surface area contributed by atoms with Crippen molar-refractivity contribution in [3.8, 4) is 23.1 Å². The van der Waals surface area contributed by atoms with Crippen molar-refractivity contribution in [2.45, 2.75) is 0 Å². The highest BCUT2D eigenvalue weighted by Crippen LogP contribution is 2.24. The van der Waals surface area contributed by atoms with E-state index in [1.165, 1.54) is 13.3 Å². The van der Waals surface area contributed by atoms with Crippen LogP contribution in [0.2, 0.25) is 0 Å². The summed E-state index contributed by atoms with van der Waals surface area (Å²) in [6, 6.07) is 5.65. The van der Waals surface area contributed by atoms with Gasteiger partial charge in [-0.1, -0.05) is 0 Å². The van der Waals surface area contributed by atoms with Gasteiger partial charge in [0.2, 0.25) is 0 Å². The molecule has 0 radical (unpaired) electrons. The molecule has 84 valence electrons. The van der Waals surface area contributed by atoms with Crippen molar-refractivity contribution < 1.29 is 4.74 Å². The van der Waals surface area contributed by atoms with Crippen molar-refractivity contribution in [2.75, 3.05) is 7.11 Å². The summed E-state index contributed by atoms with van der Waals surface area (Å²) >= 11 is 3.34. The largest absolute Gasteiger partial charge is 0.494 e. The molecule has 17 heavy (non-hydrogen) atoms. The molecule has 0 aliphatic heterocycles. The number of nitriles is 1. The van der Waals surface area contributed by atoms with Gasteiger partial charge in [0, 0.05) is 22.4 Å². The first kappa shape index (κ1) is 11.6. The summed E-state index contributed by atoms with van der Waals surface area (Å²) in [7, 11) is 1.51. The van der Waals surface area contributed by atoms with Crippen LogP contribution in [0, 0.1) is 11.3 Å². The van der Waals surface area contributed by atoms with Crippen LogP contribution in [0.15, 0.2) is 35.2 Å². The average molecular weight is 290 g/mol. The van der Waals surface area contributed by atoms with Crippen LogP contribution in [-0.4, -0.2) is 17.1 Å². The van der Waals surface area contributed by atoms with Crippen molar-refractivity contribution in [2.24, 2.45) is 0 Å². The second kappa shape index (κ2) is 4.93. The van der Waals surface area contributed by atoms with E-state index < -0.39 is 0 Å². The number of rotatable bonds is 2. The first-order valence-corrected chi connectivity index (χ1v) is 5.59. The SMILES string of the molecule is COc1cnc(-c2cncc(Br)c2)cc1C#N. The van der Waals surface area contributed by atoms with Crippen LogP contribution in [-0.2, 0) is 0 Å². The van der Waals surface area contributed by atoms with Crippen molar-refractivity contribution in [1.29, 1.82) is 5.26 Å². The lowest BCUT2D eigenvalue weighted by molar-refractivity contribution is 0.411. The van der Waals surface area contributed by atoms with Gasteiger partial charge in [-0.25, -0.2) is 0 Å². The summed E-state index contributed by atoms with van der Waals surface area (Å²) in [5.41, 5.74) is 1.99. The highest BCUT2D eigenvalue weighted by Gasteiger charge is 2.07. The lowest BCUT2D eigenvalue weighted by Crippen LogP contribution is -1.92. The molecule has 0 fully saturated rings. The number of hydrogen-bond donors (Lipinski definition) is 0. The van der Waals surface area contributed by atoms with Crippen LogP contribution in [0.4, 0.5) is 0 Å². The summed E-state index contributed by atoms with van der Waals surface area (Å²) in [4.78, 5) is 8.29. The van der Waals surface area contributed by atoms with Gasteiger partial charge in [-0.2, -0.15) is 5.26 Å². The van der Waals surface area contributed by atoms with Gasteiger partial charge in [-0.05, 0) is 28.1 Å². The Hall–Kier alpha value is -1.93. The van der Waals surface area contributed by atoms with Crippen LogP contribution in [0.1, 0.15) is 5.56 Å². The molecule has 0 N–H and O–H groups in total. The molecule has 2 rings (SSSR count). The molecule has 5 heteroatoms. The fourth-order valence-electron chi connectivity index (χ4n) is 1.40. The zero-order chi connectivity index (χ0) is 12.3. The molecule has 0 amide bonds. The normalized spacial score (nSPS) is 9.71. The Kier molecular flexibility index (Phi) is 3.35. The van der Waals surface area contributed by atoms with Gasteiger partial charge < -0.3 is 4.74 Å². The van der Waals surface area contributed by atoms with Gasteiger partial charge in [0.15, 0.2) is 5.75 Å². The van der Waals surface area contributed by atoms with Crippen LogP contribution < -0.4 is 4.74 Å². The Morgan fingerprint density at radius 1 is 1.29 bits per heavy atom. The zero-order valence-electron chi connectivity index (χ0n) is 9.01. The molecule has 2 aromatic heterocycles. The summed E-state index contributed by atoms with van der Waals surface area (Å²) in [5.74, 6) is 0.471. The maximum Gasteiger partial charge on any atom is 0.154 e. The minimum Gasteiger partial charge on any atom is -0.494 e. The molecule has 0 bridgehead atoms. The molecule has 0 saturated carbocycles. The van der Waals surface area contributed by atoms with E-state index in [9.17, 15) is 0 Å². The third-order valence-corrected chi connectivity index (χ3v) is 2.64. The molecular weight excluding hydrogens is 282 g/mol. The van der Waals surface area contributed by atoms with Crippen molar-refractivity contribution >= 4 is 15.9 Å². The lowest BCUT2D eigenvalue weighted by atomic mass is 10.1. The summed E-state index contributed by atoms with van der Waals surface area (Å²) in [6.07, 6.45) is 4.92. The molecule has 0 unspecified atom stereocenters. The maximum absolute atomic E-state index is 8.99. The van der Waals surface area contributed by atoms with E-state index in [0.29, 0.717) is 17.0 Å². The second-order valence-electron chi connectivity index (χ2n) is 3.27. The molecule has 0 spiro atoms. The van der Waals surface area contributed by atoms with E-state index in [2.05, 4.69) is 32.0 Å². The standard InChI is InChI=1S/C12H8BrN3O/c1-17-12-7-16-11(3-8(12)4-14)9-2-10(13)6-15-5-9/h2-3,5-7H,1H3. The number of ether oxygens (including phenoxy) is 1. The van der Waals surface area contributed by atoms with Gasteiger partial charge in [0.1, 0.15) is 6.07 Å². The van der Waals surface area contributed by atoms with Crippen LogP contribution in [0.3, 0.4) is 0 Å². The number of methoxy groups -OCH3 is 1. The molecule has 2 aromatic rings. The van der Waals surface area contributed by atoms with E-state index in [4.69, 9.17) is 10.00 Å². The predicted molar refractivity (Wildman–Crippen MR) is 66.4 cm³/mol. The van der Waals surface area contributed by atoms with Gasteiger partial charge >= 0.3 is 0 Å². The second-order valence-corrected chi connectivity index (χ2v) is 4.19. The van der Waals surface area contributed by atoms with Crippen molar-refractivity contribution in [3.05, 3.63) is 40.8 Å². The predicted octanol–water partition coefficient (Wildman–Crippen LogP) is 2.79. The lowest BCUT2D eigenvalue weighted by Gasteiger charge is -2.05. The summed E-state index contributed by atoms with van der Waals surface area (Å²) < 4.78 is 5.91. The van der Waals surface area contributed by atoms with E-state index >= 15 is 0 Å². The highest BCUT2D eigenvalue weighted by atomic mass is 79.9. The molecule has 0 saturated heterocycles. The monoisotopic (exact) mass is 289 g/mol. The summed E-state index contributed by atoms with van der Waals surface area (Å²) in [6.45, 7) is 0. The van der Waals surface area contributed by atoms with Gasteiger partial charge in [-0.3, -0.25) is 9.97 Å². The van der Waals surface area contributed by atoms with Crippen molar-refractivity contribution in [1.82, 2.24) is 9.97 Å². The van der Waals surface area contributed by atoms with E-state index in [0.717, 1.165) is 10.0 Å². The number of nitrogens with zero attached hydrogens (tertiary/aromatic N) is 3. The molecular formula is C12H8BrN3O. The van der Waals surface area contributed by atoms with Crippen LogP contribution in [0.25, 0.3) is 11.3 Å². The van der Waals surface area contributed by atoms with E-state index in [-0.39, 0.29) is 0 Å². The third-order valence-electron chi connectivity index (χ3n) is 2.21. The van der Waals surface area contributed by atoms with Gasteiger partial charge in [0.25, 0.3) is 0 Å². The van der Waals surface area contributed by atoms with Crippen LogP contribution >= 0.6 is 15.9 Å². The Bertz CT molecular complexity index is 593. The third kappa shape index (κ3) is 2.43. The minimum absolute atomic E-state index is 0.456. The van der Waals surface area contributed by atoms with Gasteiger partial charge in [-0.15, -0.1) is 0 Å². The highest BCUT2D eigenvalue weighted by molar-refractivity contribution is 9.10. The Labute approximate surface area is 107 Å². The molecule has 4 nitrogen and oxygen atoms in total. The maximum atomic E-state index is 8.99. The quantitative estimate of drug-likeness (QED) is 0.853. The fraction of sp³-hybridized carbons (Fsp3) is 0.0833. The van der Waals surface area contributed by atoms with Gasteiger partial charge in [0.05, 0.1) is 24.6 Å². The molecule has 0 aromatic carbocycles. The number of pyridine rings is 2. The number of aromatic nitrogens is 2. The first-order chi connectivity index (χ1) is 8.24. The minimum atomic E-state index is 0.456. The Morgan fingerprint density at radius 2 is 2.12 bits per heavy atom. The van der Waals surface area contributed by atoms with Crippen LogP contribution in [0.5, 0.6) is 5.75 Å². The molecule has 0 aliphatic rings. The Morgan fingerprint density at radius 3 is 2.76 bits per heavy atom. The zero-order valence-corrected chi connectivity index (χ0v) is 10.6. The van der Waals surface area contributed by atoms with Crippen molar-refractivity contribution in [3.63, 3.8) is 0 Å². The summed E-state index contributed by atoms with van der Waals surface area (Å²) in [5, 5.41) is 8.99. The molecule has 2 heterocycles. The average Bonchev–Trinajstić information content (AvgIpc) is 2.38. The number of hydrogen-bond acceptors (Lipinski definition) is 4. The fourth-order valence-corrected chi connectivity index (χ4v) is 1.77. The smallest absolute Gasteiger partial charge is 0.154 e. The van der Waals surface area contributed by atoms with E-state index in [1.54, 1.807) is 18.5 Å². The first-order valence-electron chi connectivity index (χ1n) is 4.79. The molecule has 0 aliphatic carbocycles. The Balaban J connectivity index is 2.51. The topological polar surface area (TPSA) is 58.8 Å².